The van der Waals surface area contributed by atoms with Crippen LogP contribution in [0.5, 0.6) is 0 Å². The maximum Gasteiger partial charge on any atom is 0.307 e. The van der Waals surface area contributed by atoms with Gasteiger partial charge in [-0.25, -0.2) is 0 Å². The molecule has 3 nitrogen and oxygen atoms in total. The number of carbonyl (C=O) groups excluding carboxylic acids is 1. The fraction of sp³-hybridized carbons (Fsp3) is 0.875. The fourth-order valence-corrected chi connectivity index (χ4v) is 0.632. The second-order valence-electron chi connectivity index (χ2n) is 2.54. The van der Waals surface area contributed by atoms with E-state index in [1.165, 1.54) is 0 Å². The van der Waals surface area contributed by atoms with Gasteiger partial charge in [0.1, 0.15) is 0 Å². The van der Waals surface area contributed by atoms with Gasteiger partial charge in [-0.05, 0) is 12.8 Å². The van der Waals surface area contributed by atoms with Gasteiger partial charge in [0, 0.05) is 6.42 Å². The van der Waals surface area contributed by atoms with E-state index >= 15 is 0 Å². The first kappa shape index (κ1) is 10.4. The molecule has 2 N–H and O–H groups in total. The van der Waals surface area contributed by atoms with Crippen molar-refractivity contribution < 1.29 is 9.53 Å². The molecule has 0 radical (unpaired) electrons. The largest absolute Gasteiger partial charge is 0.447 e. The molecule has 0 heterocycles. The lowest BCUT2D eigenvalue weighted by Crippen LogP contribution is -2.25. The summed E-state index contributed by atoms with van der Waals surface area (Å²) in [5.74, 6) is -0.179. The van der Waals surface area contributed by atoms with Crippen LogP contribution in [0.1, 0.15) is 39.5 Å². The van der Waals surface area contributed by atoms with Crippen molar-refractivity contribution in [3.63, 3.8) is 0 Å². The molecule has 3 heteroatoms. The summed E-state index contributed by atoms with van der Waals surface area (Å²) in [4.78, 5) is 10.9. The molecule has 0 bridgehead atoms. The van der Waals surface area contributed by atoms with Crippen molar-refractivity contribution >= 4 is 5.97 Å². The van der Waals surface area contributed by atoms with Crippen molar-refractivity contribution in [2.75, 3.05) is 0 Å². The minimum Gasteiger partial charge on any atom is -0.447 e. The summed E-state index contributed by atoms with van der Waals surface area (Å²) >= 11 is 0. The van der Waals surface area contributed by atoms with E-state index in [1.54, 1.807) is 0 Å². The molecule has 11 heavy (non-hydrogen) atoms. The van der Waals surface area contributed by atoms with Gasteiger partial charge in [0.15, 0.2) is 6.23 Å². The lowest BCUT2D eigenvalue weighted by atomic mass is 10.2. The molecule has 0 aliphatic heterocycles. The molecule has 0 aromatic rings. The van der Waals surface area contributed by atoms with Crippen LogP contribution in [0.25, 0.3) is 0 Å². The maximum atomic E-state index is 10.9. The normalized spacial score (nSPS) is 12.6. The van der Waals surface area contributed by atoms with Gasteiger partial charge in [-0.2, -0.15) is 0 Å². The third kappa shape index (κ3) is 5.85. The number of rotatable bonds is 5. The zero-order chi connectivity index (χ0) is 8.69. The first-order valence-corrected chi connectivity index (χ1v) is 4.15. The van der Waals surface area contributed by atoms with Crippen LogP contribution in [0.15, 0.2) is 0 Å². The Bertz CT molecular complexity index is 115. The van der Waals surface area contributed by atoms with Gasteiger partial charge in [0.25, 0.3) is 0 Å². The van der Waals surface area contributed by atoms with Crippen LogP contribution in [-0.2, 0) is 9.53 Å². The Morgan fingerprint density at radius 3 is 2.64 bits per heavy atom. The van der Waals surface area contributed by atoms with E-state index in [0.717, 1.165) is 12.8 Å². The number of esters is 1. The van der Waals surface area contributed by atoms with Crippen LogP contribution < -0.4 is 5.73 Å². The van der Waals surface area contributed by atoms with Crippen LogP contribution in [-0.4, -0.2) is 12.2 Å². The van der Waals surface area contributed by atoms with E-state index in [-0.39, 0.29) is 5.97 Å². The standard InChI is InChI=1S/C8H17NO2/c1-3-5-6-8(10)11-7(9)4-2/h7H,3-6,9H2,1-2H3. The van der Waals surface area contributed by atoms with Crippen LogP contribution in [0, 0.1) is 0 Å². The van der Waals surface area contributed by atoms with Gasteiger partial charge in [-0.1, -0.05) is 20.3 Å². The summed E-state index contributed by atoms with van der Waals surface area (Å²) in [7, 11) is 0. The van der Waals surface area contributed by atoms with Gasteiger partial charge in [-0.3, -0.25) is 10.5 Å². The van der Waals surface area contributed by atoms with Crippen LogP contribution in [0.4, 0.5) is 0 Å². The third-order valence-corrected chi connectivity index (χ3v) is 1.42. The molecule has 0 saturated carbocycles. The predicted molar refractivity (Wildman–Crippen MR) is 43.9 cm³/mol. The summed E-state index contributed by atoms with van der Waals surface area (Å²) in [5.41, 5.74) is 5.40. The van der Waals surface area contributed by atoms with Gasteiger partial charge in [0.2, 0.25) is 0 Å². The zero-order valence-corrected chi connectivity index (χ0v) is 7.30. The van der Waals surface area contributed by atoms with Crippen molar-refractivity contribution in [3.05, 3.63) is 0 Å². The minimum atomic E-state index is -0.417. The summed E-state index contributed by atoms with van der Waals surface area (Å²) < 4.78 is 4.84. The Morgan fingerprint density at radius 2 is 2.18 bits per heavy atom. The van der Waals surface area contributed by atoms with Gasteiger partial charge >= 0.3 is 5.97 Å². The highest BCUT2D eigenvalue weighted by Gasteiger charge is 2.05. The lowest BCUT2D eigenvalue weighted by Gasteiger charge is -2.09. The zero-order valence-electron chi connectivity index (χ0n) is 7.30. The Kier molecular flexibility index (Phi) is 5.84. The van der Waals surface area contributed by atoms with Crippen molar-refractivity contribution in [3.8, 4) is 0 Å². The Balaban J connectivity index is 3.36. The number of carbonyl (C=O) groups is 1. The predicted octanol–water partition coefficient (Wildman–Crippen LogP) is 1.41. The molecule has 1 atom stereocenters. The summed E-state index contributed by atoms with van der Waals surface area (Å²) in [6, 6.07) is 0. The highest BCUT2D eigenvalue weighted by atomic mass is 16.6. The van der Waals surface area contributed by atoms with Crippen molar-refractivity contribution in [1.29, 1.82) is 0 Å². The molecular formula is C8H17NO2. The van der Waals surface area contributed by atoms with E-state index in [2.05, 4.69) is 0 Å². The topological polar surface area (TPSA) is 52.3 Å². The molecule has 0 saturated heterocycles. The number of unbranched alkanes of at least 4 members (excludes halogenated alkanes) is 1. The van der Waals surface area contributed by atoms with Gasteiger partial charge < -0.3 is 4.74 Å². The number of hydrogen-bond donors (Lipinski definition) is 1. The monoisotopic (exact) mass is 159 g/mol. The van der Waals surface area contributed by atoms with Crippen molar-refractivity contribution in [2.24, 2.45) is 5.73 Å². The molecule has 0 rings (SSSR count). The molecule has 0 spiro atoms. The average molecular weight is 159 g/mol. The average Bonchev–Trinajstić information content (AvgIpc) is 2.00. The van der Waals surface area contributed by atoms with Gasteiger partial charge in [0.05, 0.1) is 0 Å². The minimum absolute atomic E-state index is 0.179. The molecule has 1 unspecified atom stereocenters. The highest BCUT2D eigenvalue weighted by Crippen LogP contribution is 1.98. The molecular weight excluding hydrogens is 142 g/mol. The molecule has 0 aliphatic rings. The Hall–Kier alpha value is -0.570. The Morgan fingerprint density at radius 1 is 1.55 bits per heavy atom. The summed E-state index contributed by atoms with van der Waals surface area (Å²) in [6.45, 7) is 3.92. The highest BCUT2D eigenvalue weighted by molar-refractivity contribution is 5.69. The van der Waals surface area contributed by atoms with E-state index in [0.29, 0.717) is 12.8 Å². The van der Waals surface area contributed by atoms with Crippen LogP contribution in [0.2, 0.25) is 0 Å². The third-order valence-electron chi connectivity index (χ3n) is 1.42. The maximum absolute atomic E-state index is 10.9. The number of hydrogen-bond acceptors (Lipinski definition) is 3. The smallest absolute Gasteiger partial charge is 0.307 e. The van der Waals surface area contributed by atoms with Gasteiger partial charge in [-0.15, -0.1) is 0 Å². The van der Waals surface area contributed by atoms with E-state index in [1.807, 2.05) is 13.8 Å². The molecule has 0 aromatic carbocycles. The van der Waals surface area contributed by atoms with Crippen molar-refractivity contribution in [2.45, 2.75) is 45.8 Å². The summed E-state index contributed by atoms with van der Waals surface area (Å²) in [6.07, 6.45) is 2.65. The number of ether oxygens (including phenoxy) is 1. The van der Waals surface area contributed by atoms with Crippen molar-refractivity contribution in [1.82, 2.24) is 0 Å². The lowest BCUT2D eigenvalue weighted by molar-refractivity contribution is -0.149. The Labute approximate surface area is 67.9 Å². The van der Waals surface area contributed by atoms with Crippen LogP contribution >= 0.6 is 0 Å². The fourth-order valence-electron chi connectivity index (χ4n) is 0.632. The SMILES string of the molecule is CCCCC(=O)OC(N)CC. The quantitative estimate of drug-likeness (QED) is 0.487. The molecule has 0 amide bonds. The second-order valence-corrected chi connectivity index (χ2v) is 2.54. The number of nitrogens with two attached hydrogens (primary N) is 1. The van der Waals surface area contributed by atoms with E-state index in [9.17, 15) is 4.79 Å². The molecule has 66 valence electrons. The van der Waals surface area contributed by atoms with E-state index in [4.69, 9.17) is 10.5 Å². The van der Waals surface area contributed by atoms with E-state index < -0.39 is 6.23 Å². The molecule has 0 aromatic heterocycles. The second kappa shape index (κ2) is 6.16. The molecule has 0 aliphatic carbocycles. The molecule has 0 fully saturated rings. The van der Waals surface area contributed by atoms with Crippen LogP contribution in [0.3, 0.4) is 0 Å². The first-order valence-electron chi connectivity index (χ1n) is 4.15. The summed E-state index contributed by atoms with van der Waals surface area (Å²) in [5, 5.41) is 0. The first-order chi connectivity index (χ1) is 5.20.